The van der Waals surface area contributed by atoms with Crippen LogP contribution in [-0.4, -0.2) is 44.1 Å². The van der Waals surface area contributed by atoms with Gasteiger partial charge in [0.1, 0.15) is 5.52 Å². The molecule has 6 nitrogen and oxygen atoms in total. The predicted octanol–water partition coefficient (Wildman–Crippen LogP) is 3.51. The van der Waals surface area contributed by atoms with E-state index < -0.39 is 0 Å². The Bertz CT molecular complexity index is 1070. The number of aromatic amines is 1. The molecule has 136 valence electrons. The lowest BCUT2D eigenvalue weighted by molar-refractivity contribution is -0.118. The molecule has 1 amide bonds. The third kappa shape index (κ3) is 4.40. The van der Waals surface area contributed by atoms with Crippen molar-refractivity contribution < 1.29 is 4.79 Å². The Morgan fingerprint density at radius 2 is 1.81 bits per heavy atom. The van der Waals surface area contributed by atoms with Crippen molar-refractivity contribution in [2.45, 2.75) is 10.1 Å². The van der Waals surface area contributed by atoms with Gasteiger partial charge in [0.25, 0.3) is 0 Å². The van der Waals surface area contributed by atoms with Gasteiger partial charge in [-0.1, -0.05) is 48.2 Å². The monoisotopic (exact) mass is 395 g/mol. The van der Waals surface area contributed by atoms with Crippen LogP contribution in [0.2, 0.25) is 0 Å². The molecule has 2 N–H and O–H groups in total. The summed E-state index contributed by atoms with van der Waals surface area (Å²) in [6, 6.07) is 18.0. The predicted molar refractivity (Wildman–Crippen MR) is 110 cm³/mol. The van der Waals surface area contributed by atoms with Crippen LogP contribution in [0.3, 0.4) is 0 Å². The van der Waals surface area contributed by atoms with Crippen molar-refractivity contribution >= 4 is 51.5 Å². The number of thioether (sulfide) groups is 2. The van der Waals surface area contributed by atoms with Gasteiger partial charge < -0.3 is 10.3 Å². The molecule has 27 heavy (non-hydrogen) atoms. The van der Waals surface area contributed by atoms with Gasteiger partial charge >= 0.3 is 0 Å². The Morgan fingerprint density at radius 3 is 2.70 bits per heavy atom. The average Bonchev–Trinajstić information content (AvgIpc) is 3.08. The highest BCUT2D eigenvalue weighted by Crippen LogP contribution is 2.23. The van der Waals surface area contributed by atoms with Crippen molar-refractivity contribution in [3.05, 3.63) is 54.6 Å². The molecular weight excluding hydrogens is 378 g/mol. The number of amides is 1. The first-order chi connectivity index (χ1) is 13.3. The maximum absolute atomic E-state index is 12.0. The molecule has 0 aliphatic rings. The molecular formula is C19H17N5OS2. The number of carbonyl (C=O) groups excluding carboxylic acids is 1. The van der Waals surface area contributed by atoms with Crippen LogP contribution < -0.4 is 5.32 Å². The Morgan fingerprint density at radius 1 is 1.00 bits per heavy atom. The maximum Gasteiger partial charge on any atom is 0.230 e. The van der Waals surface area contributed by atoms with E-state index in [-0.39, 0.29) is 11.7 Å². The van der Waals surface area contributed by atoms with Crippen LogP contribution in [0.15, 0.2) is 64.6 Å². The van der Waals surface area contributed by atoms with E-state index >= 15 is 0 Å². The fourth-order valence-electron chi connectivity index (χ4n) is 2.62. The fourth-order valence-corrected chi connectivity index (χ4v) is 4.03. The molecule has 4 aromatic rings. The van der Waals surface area contributed by atoms with Crippen LogP contribution in [0.1, 0.15) is 0 Å². The molecule has 8 heteroatoms. The molecule has 0 saturated carbocycles. The minimum absolute atomic E-state index is 0.0333. The van der Waals surface area contributed by atoms with Gasteiger partial charge in [0, 0.05) is 28.1 Å². The minimum Gasteiger partial charge on any atom is -0.355 e. The Kier molecular flexibility index (Phi) is 5.55. The van der Waals surface area contributed by atoms with Gasteiger partial charge in [0.2, 0.25) is 11.1 Å². The summed E-state index contributed by atoms with van der Waals surface area (Å²) in [5.74, 6) is 1.07. The average molecular weight is 396 g/mol. The topological polar surface area (TPSA) is 83.6 Å². The highest BCUT2D eigenvalue weighted by atomic mass is 32.2. The number of nitrogens with one attached hydrogen (secondary N) is 2. The molecule has 0 saturated heterocycles. The van der Waals surface area contributed by atoms with Gasteiger partial charge in [0.15, 0.2) is 5.65 Å². The molecule has 0 aliphatic carbocycles. The number of carbonyl (C=O) groups is 1. The minimum atomic E-state index is -0.0333. The molecule has 2 aromatic heterocycles. The lowest BCUT2D eigenvalue weighted by Gasteiger charge is -2.04. The Labute approximate surface area is 164 Å². The number of nitrogens with zero attached hydrogens (tertiary/aromatic N) is 3. The lowest BCUT2D eigenvalue weighted by atomic mass is 10.2. The lowest BCUT2D eigenvalue weighted by Crippen LogP contribution is -2.27. The summed E-state index contributed by atoms with van der Waals surface area (Å²) in [4.78, 5) is 20.9. The number of rotatable bonds is 7. The molecule has 0 bridgehead atoms. The van der Waals surface area contributed by atoms with Crippen molar-refractivity contribution in [3.63, 3.8) is 0 Å². The standard InChI is InChI=1S/C19H17N5OS2/c25-16(20-10-11-26-13-6-2-1-3-7-13)12-27-19-22-18-17(23-24-19)14-8-4-5-9-15(14)21-18/h1-9H,10-12H2,(H,20,25)(H,21,22,24). The van der Waals surface area contributed by atoms with E-state index in [1.807, 2.05) is 42.5 Å². The van der Waals surface area contributed by atoms with Crippen LogP contribution in [0.5, 0.6) is 0 Å². The van der Waals surface area contributed by atoms with Gasteiger partial charge in [-0.25, -0.2) is 4.98 Å². The highest BCUT2D eigenvalue weighted by Gasteiger charge is 2.10. The second-order valence-electron chi connectivity index (χ2n) is 5.76. The van der Waals surface area contributed by atoms with Crippen LogP contribution in [-0.2, 0) is 4.79 Å². The second kappa shape index (κ2) is 8.41. The molecule has 0 spiro atoms. The van der Waals surface area contributed by atoms with Crippen LogP contribution in [0.4, 0.5) is 0 Å². The molecule has 0 atom stereocenters. The van der Waals surface area contributed by atoms with E-state index in [1.54, 1.807) is 11.8 Å². The van der Waals surface area contributed by atoms with E-state index in [4.69, 9.17) is 0 Å². The van der Waals surface area contributed by atoms with Gasteiger partial charge in [-0.05, 0) is 18.2 Å². The largest absolute Gasteiger partial charge is 0.355 e. The third-order valence-electron chi connectivity index (χ3n) is 3.87. The van der Waals surface area contributed by atoms with Gasteiger partial charge in [-0.3, -0.25) is 4.79 Å². The summed E-state index contributed by atoms with van der Waals surface area (Å²) >= 11 is 3.00. The van der Waals surface area contributed by atoms with E-state index in [1.165, 1.54) is 16.7 Å². The number of aromatic nitrogens is 4. The number of benzene rings is 2. The van der Waals surface area contributed by atoms with E-state index in [9.17, 15) is 4.79 Å². The van der Waals surface area contributed by atoms with Crippen LogP contribution >= 0.6 is 23.5 Å². The zero-order valence-electron chi connectivity index (χ0n) is 14.4. The summed E-state index contributed by atoms with van der Waals surface area (Å²) in [5.41, 5.74) is 2.41. The number of hydrogen-bond donors (Lipinski definition) is 2. The zero-order chi connectivity index (χ0) is 18.5. The molecule has 4 rings (SSSR count). The molecule has 0 unspecified atom stereocenters. The maximum atomic E-state index is 12.0. The van der Waals surface area contributed by atoms with E-state index in [0.717, 1.165) is 22.2 Å². The molecule has 2 aromatic carbocycles. The van der Waals surface area contributed by atoms with E-state index in [0.29, 0.717) is 17.3 Å². The fraction of sp³-hybridized carbons (Fsp3) is 0.158. The molecule has 0 aliphatic heterocycles. The zero-order valence-corrected chi connectivity index (χ0v) is 16.0. The summed E-state index contributed by atoms with van der Waals surface area (Å²) < 4.78 is 0. The van der Waals surface area contributed by atoms with Crippen molar-refractivity contribution in [2.75, 3.05) is 18.1 Å². The molecule has 0 fully saturated rings. The first-order valence-electron chi connectivity index (χ1n) is 8.48. The number of hydrogen-bond acceptors (Lipinski definition) is 6. The Hall–Kier alpha value is -2.58. The van der Waals surface area contributed by atoms with Crippen molar-refractivity contribution in [1.82, 2.24) is 25.5 Å². The van der Waals surface area contributed by atoms with Crippen molar-refractivity contribution in [3.8, 4) is 0 Å². The summed E-state index contributed by atoms with van der Waals surface area (Å²) in [7, 11) is 0. The smallest absolute Gasteiger partial charge is 0.230 e. The van der Waals surface area contributed by atoms with Crippen molar-refractivity contribution in [1.29, 1.82) is 0 Å². The summed E-state index contributed by atoms with van der Waals surface area (Å²) in [5, 5.41) is 12.8. The first-order valence-corrected chi connectivity index (χ1v) is 10.5. The van der Waals surface area contributed by atoms with Gasteiger partial charge in [-0.2, -0.15) is 0 Å². The molecule has 2 heterocycles. The van der Waals surface area contributed by atoms with Crippen molar-refractivity contribution in [2.24, 2.45) is 0 Å². The summed E-state index contributed by atoms with van der Waals surface area (Å²) in [6.07, 6.45) is 0. The van der Waals surface area contributed by atoms with Gasteiger partial charge in [-0.15, -0.1) is 22.0 Å². The second-order valence-corrected chi connectivity index (χ2v) is 7.87. The first kappa shape index (κ1) is 17.8. The quantitative estimate of drug-likeness (QED) is 0.368. The number of H-pyrrole nitrogens is 1. The molecule has 0 radical (unpaired) electrons. The normalized spacial score (nSPS) is 11.1. The number of fused-ring (bicyclic) bond motifs is 3. The summed E-state index contributed by atoms with van der Waals surface area (Å²) in [6.45, 7) is 0.624. The third-order valence-corrected chi connectivity index (χ3v) is 5.72. The number of para-hydroxylation sites is 1. The van der Waals surface area contributed by atoms with E-state index in [2.05, 4.69) is 37.6 Å². The van der Waals surface area contributed by atoms with Crippen LogP contribution in [0.25, 0.3) is 22.1 Å². The highest BCUT2D eigenvalue weighted by molar-refractivity contribution is 7.99. The Balaban J connectivity index is 1.28. The van der Waals surface area contributed by atoms with Crippen LogP contribution in [0, 0.1) is 0 Å². The SMILES string of the molecule is O=C(CSc1nnc2c(n1)[nH]c1ccccc12)NCCSc1ccccc1. The van der Waals surface area contributed by atoms with Gasteiger partial charge in [0.05, 0.1) is 5.75 Å².